The van der Waals surface area contributed by atoms with Crippen LogP contribution in [-0.2, 0) is 0 Å². The van der Waals surface area contributed by atoms with E-state index in [1.165, 1.54) is 69.1 Å². The Labute approximate surface area is 181 Å². The van der Waals surface area contributed by atoms with Crippen molar-refractivity contribution in [3.63, 3.8) is 0 Å². The quantitative estimate of drug-likeness (QED) is 0.297. The highest BCUT2D eigenvalue weighted by molar-refractivity contribution is 14.1. The molecule has 0 saturated heterocycles. The average Bonchev–Trinajstić information content (AvgIpc) is 2.72. The molecule has 2 saturated carbocycles. The number of hydrogen-bond acceptors (Lipinski definition) is 0. The van der Waals surface area contributed by atoms with Gasteiger partial charge in [0.05, 0.1) is 3.57 Å². The van der Waals surface area contributed by atoms with Crippen LogP contribution in [0, 0.1) is 33.0 Å². The molecule has 0 N–H and O–H groups in total. The highest BCUT2D eigenvalue weighted by Crippen LogP contribution is 2.44. The third kappa shape index (κ3) is 4.44. The first-order chi connectivity index (χ1) is 13.5. The van der Waals surface area contributed by atoms with E-state index in [1.807, 2.05) is 12.1 Å². The van der Waals surface area contributed by atoms with Gasteiger partial charge in [-0.2, -0.15) is 0 Å². The van der Waals surface area contributed by atoms with Gasteiger partial charge in [0.25, 0.3) is 0 Å². The van der Waals surface area contributed by atoms with Crippen LogP contribution in [0.2, 0.25) is 0 Å². The minimum Gasteiger partial charge on any atom is -0.206 e. The minimum atomic E-state index is -0.491. The predicted octanol–water partition coefficient (Wildman–Crippen LogP) is 8.34. The molecule has 0 spiro atoms. The summed E-state index contributed by atoms with van der Waals surface area (Å²) < 4.78 is 27.8. The van der Waals surface area contributed by atoms with Crippen molar-refractivity contribution in [1.82, 2.24) is 0 Å². The Balaban J connectivity index is 1.39. The SMILES string of the molecule is CC1CCC(C2CCC(c3ccc(-c4cc(F)c(I)c(F)c4)cc3)CC2)CC1. The second kappa shape index (κ2) is 8.81. The molecule has 0 bridgehead atoms. The average molecular weight is 494 g/mol. The van der Waals surface area contributed by atoms with E-state index >= 15 is 0 Å². The van der Waals surface area contributed by atoms with Crippen LogP contribution >= 0.6 is 22.6 Å². The Morgan fingerprint density at radius 3 is 1.75 bits per heavy atom. The Morgan fingerprint density at radius 2 is 1.21 bits per heavy atom. The molecule has 0 aromatic heterocycles. The molecular formula is C25H29F2I. The fraction of sp³-hybridized carbons (Fsp3) is 0.520. The van der Waals surface area contributed by atoms with E-state index in [0.29, 0.717) is 11.5 Å². The number of rotatable bonds is 3. The maximum atomic E-state index is 13.9. The van der Waals surface area contributed by atoms with Crippen molar-refractivity contribution < 1.29 is 8.78 Å². The first-order valence-corrected chi connectivity index (χ1v) is 11.8. The number of hydrogen-bond donors (Lipinski definition) is 0. The van der Waals surface area contributed by atoms with E-state index in [0.717, 1.165) is 23.3 Å². The molecule has 0 aliphatic heterocycles. The molecule has 2 fully saturated rings. The Kier molecular flexibility index (Phi) is 6.39. The molecule has 2 aliphatic rings. The van der Waals surface area contributed by atoms with Crippen molar-refractivity contribution in [2.75, 3.05) is 0 Å². The zero-order chi connectivity index (χ0) is 19.7. The van der Waals surface area contributed by atoms with Gasteiger partial charge in [-0.05, 0) is 114 Å². The second-order valence-electron chi connectivity index (χ2n) is 9.01. The van der Waals surface area contributed by atoms with Gasteiger partial charge in [0, 0.05) is 0 Å². The van der Waals surface area contributed by atoms with Gasteiger partial charge in [-0.3, -0.25) is 0 Å². The van der Waals surface area contributed by atoms with Gasteiger partial charge in [0.2, 0.25) is 0 Å². The number of halogens is 3. The fourth-order valence-corrected chi connectivity index (χ4v) is 5.66. The molecule has 2 aliphatic carbocycles. The summed E-state index contributed by atoms with van der Waals surface area (Å²) in [5.74, 6) is 2.48. The van der Waals surface area contributed by atoms with Crippen LogP contribution < -0.4 is 0 Å². The normalized spacial score (nSPS) is 28.3. The van der Waals surface area contributed by atoms with Crippen LogP contribution in [-0.4, -0.2) is 0 Å². The summed E-state index contributed by atoms with van der Waals surface area (Å²) in [6.07, 6.45) is 11.0. The lowest BCUT2D eigenvalue weighted by Crippen LogP contribution is -2.24. The summed E-state index contributed by atoms with van der Waals surface area (Å²) in [5, 5.41) is 0. The van der Waals surface area contributed by atoms with Crippen molar-refractivity contribution in [3.05, 3.63) is 57.2 Å². The van der Waals surface area contributed by atoms with Crippen LogP contribution in [0.4, 0.5) is 8.78 Å². The maximum absolute atomic E-state index is 13.9. The first kappa shape index (κ1) is 20.3. The molecule has 2 aromatic rings. The van der Waals surface area contributed by atoms with Crippen molar-refractivity contribution in [2.45, 2.75) is 64.2 Å². The van der Waals surface area contributed by atoms with Gasteiger partial charge in [-0.15, -0.1) is 0 Å². The van der Waals surface area contributed by atoms with Crippen molar-refractivity contribution in [3.8, 4) is 11.1 Å². The van der Waals surface area contributed by atoms with E-state index in [1.54, 1.807) is 22.6 Å². The molecule has 0 nitrogen and oxygen atoms in total. The van der Waals surface area contributed by atoms with Gasteiger partial charge in [0.15, 0.2) is 0 Å². The lowest BCUT2D eigenvalue weighted by Gasteiger charge is -2.37. The topological polar surface area (TPSA) is 0 Å². The predicted molar refractivity (Wildman–Crippen MR) is 120 cm³/mol. The van der Waals surface area contributed by atoms with E-state index in [4.69, 9.17) is 0 Å². The largest absolute Gasteiger partial charge is 0.206 e. The summed E-state index contributed by atoms with van der Waals surface area (Å²) in [5.41, 5.74) is 2.87. The third-order valence-electron chi connectivity index (χ3n) is 7.20. The Hall–Kier alpha value is -0.970. The van der Waals surface area contributed by atoms with E-state index in [2.05, 4.69) is 19.1 Å². The van der Waals surface area contributed by atoms with Crippen molar-refractivity contribution in [1.29, 1.82) is 0 Å². The summed E-state index contributed by atoms with van der Waals surface area (Å²) in [6, 6.07) is 11.2. The standard InChI is InChI=1S/C25H29F2I/c1-16-2-4-17(5-3-16)18-6-8-19(9-7-18)20-10-12-21(13-11-20)22-14-23(26)25(28)24(27)15-22/h10-19H,2-9H2,1H3. The molecular weight excluding hydrogens is 465 g/mol. The van der Waals surface area contributed by atoms with Crippen LogP contribution in [0.3, 0.4) is 0 Å². The first-order valence-electron chi connectivity index (χ1n) is 10.8. The third-order valence-corrected chi connectivity index (χ3v) is 8.23. The molecule has 0 heterocycles. The van der Waals surface area contributed by atoms with E-state index in [9.17, 15) is 8.78 Å². The van der Waals surface area contributed by atoms with Crippen molar-refractivity contribution in [2.24, 2.45) is 17.8 Å². The maximum Gasteiger partial charge on any atom is 0.140 e. The van der Waals surface area contributed by atoms with Gasteiger partial charge >= 0.3 is 0 Å². The smallest absolute Gasteiger partial charge is 0.140 e. The van der Waals surface area contributed by atoms with Gasteiger partial charge in [-0.1, -0.05) is 44.0 Å². The lowest BCUT2D eigenvalue weighted by atomic mass is 9.68. The molecule has 4 rings (SSSR count). The highest BCUT2D eigenvalue weighted by Gasteiger charge is 2.30. The Bertz CT molecular complexity index is 775. The van der Waals surface area contributed by atoms with Gasteiger partial charge in [0.1, 0.15) is 11.6 Å². The summed E-state index contributed by atoms with van der Waals surface area (Å²) >= 11 is 1.71. The molecule has 0 amide bonds. The fourth-order valence-electron chi connectivity index (χ4n) is 5.35. The minimum absolute atomic E-state index is 0.0575. The summed E-state index contributed by atoms with van der Waals surface area (Å²) in [4.78, 5) is 0. The highest BCUT2D eigenvalue weighted by atomic mass is 127. The second-order valence-corrected chi connectivity index (χ2v) is 10.1. The van der Waals surface area contributed by atoms with Crippen molar-refractivity contribution >= 4 is 22.6 Å². The molecule has 0 radical (unpaired) electrons. The van der Waals surface area contributed by atoms with Crippen LogP contribution in [0.1, 0.15) is 69.8 Å². The monoisotopic (exact) mass is 494 g/mol. The van der Waals surface area contributed by atoms with Crippen LogP contribution in [0.15, 0.2) is 36.4 Å². The summed E-state index contributed by atoms with van der Waals surface area (Å²) in [7, 11) is 0. The molecule has 0 atom stereocenters. The molecule has 150 valence electrons. The Morgan fingerprint density at radius 1 is 0.714 bits per heavy atom. The van der Waals surface area contributed by atoms with Crippen LogP contribution in [0.5, 0.6) is 0 Å². The van der Waals surface area contributed by atoms with E-state index < -0.39 is 11.6 Å². The molecule has 2 aromatic carbocycles. The molecule has 28 heavy (non-hydrogen) atoms. The van der Waals surface area contributed by atoms with Gasteiger partial charge in [-0.25, -0.2) is 8.78 Å². The lowest BCUT2D eigenvalue weighted by molar-refractivity contribution is 0.165. The molecule has 3 heteroatoms. The number of benzene rings is 2. The zero-order valence-corrected chi connectivity index (χ0v) is 18.7. The van der Waals surface area contributed by atoms with Crippen LogP contribution in [0.25, 0.3) is 11.1 Å². The van der Waals surface area contributed by atoms with E-state index in [-0.39, 0.29) is 3.57 Å². The summed E-state index contributed by atoms with van der Waals surface area (Å²) in [6.45, 7) is 2.40. The van der Waals surface area contributed by atoms with Gasteiger partial charge < -0.3 is 0 Å². The molecule has 0 unspecified atom stereocenters. The zero-order valence-electron chi connectivity index (χ0n) is 16.6.